The van der Waals surface area contributed by atoms with Gasteiger partial charge in [0.05, 0.1) is 4.90 Å². The van der Waals surface area contributed by atoms with Crippen molar-refractivity contribution in [1.29, 1.82) is 0 Å². The fourth-order valence-corrected chi connectivity index (χ4v) is 2.79. The number of rotatable bonds is 5. The molecule has 0 heterocycles. The number of nitrogens with one attached hydrogen (secondary N) is 1. The first-order chi connectivity index (χ1) is 7.45. The third-order valence-electron chi connectivity index (χ3n) is 2.01. The Morgan fingerprint density at radius 1 is 1.25 bits per heavy atom. The molecule has 1 rings (SSSR count). The molecule has 0 radical (unpaired) electrons. The standard InChI is InChI=1S/C11H16ClNO2S/c1-9(2)13-16(14,15)11-5-3-10(4-6-11)7-8-12/h3-6,9,13H,7-8H2,1-2H3. The summed E-state index contributed by atoms with van der Waals surface area (Å²) in [5.74, 6) is 0.538. The number of benzene rings is 1. The molecule has 0 saturated heterocycles. The van der Waals surface area contributed by atoms with Gasteiger partial charge in [-0.05, 0) is 38.0 Å². The molecule has 0 atom stereocenters. The van der Waals surface area contributed by atoms with Gasteiger partial charge in [0.2, 0.25) is 10.0 Å². The van der Waals surface area contributed by atoms with E-state index in [1.807, 2.05) is 0 Å². The normalized spacial score (nSPS) is 12.0. The van der Waals surface area contributed by atoms with Crippen molar-refractivity contribution in [3.63, 3.8) is 0 Å². The van der Waals surface area contributed by atoms with Crippen LogP contribution in [0.3, 0.4) is 0 Å². The number of aryl methyl sites for hydroxylation is 1. The molecule has 3 nitrogen and oxygen atoms in total. The van der Waals surface area contributed by atoms with Crippen LogP contribution in [0.25, 0.3) is 0 Å². The van der Waals surface area contributed by atoms with E-state index in [1.165, 1.54) is 0 Å². The molecule has 0 aliphatic heterocycles. The molecule has 0 fully saturated rings. The second-order valence-electron chi connectivity index (χ2n) is 3.86. The Morgan fingerprint density at radius 3 is 2.25 bits per heavy atom. The molecule has 0 unspecified atom stereocenters. The van der Waals surface area contributed by atoms with E-state index < -0.39 is 10.0 Å². The number of hydrogen-bond acceptors (Lipinski definition) is 2. The molecule has 0 bridgehead atoms. The monoisotopic (exact) mass is 261 g/mol. The number of sulfonamides is 1. The van der Waals surface area contributed by atoms with Gasteiger partial charge in [-0.1, -0.05) is 12.1 Å². The highest BCUT2D eigenvalue weighted by Gasteiger charge is 2.14. The van der Waals surface area contributed by atoms with Gasteiger partial charge in [-0.25, -0.2) is 13.1 Å². The van der Waals surface area contributed by atoms with Crippen LogP contribution in [0.15, 0.2) is 29.2 Å². The molecule has 16 heavy (non-hydrogen) atoms. The van der Waals surface area contributed by atoms with E-state index in [9.17, 15) is 8.42 Å². The van der Waals surface area contributed by atoms with Crippen LogP contribution < -0.4 is 4.72 Å². The molecular formula is C11H16ClNO2S. The third-order valence-corrected chi connectivity index (χ3v) is 3.87. The quantitative estimate of drug-likeness (QED) is 0.826. The van der Waals surface area contributed by atoms with E-state index in [0.717, 1.165) is 12.0 Å². The van der Waals surface area contributed by atoms with Crippen molar-refractivity contribution in [2.75, 3.05) is 5.88 Å². The fraction of sp³-hybridized carbons (Fsp3) is 0.455. The van der Waals surface area contributed by atoms with Crippen molar-refractivity contribution in [3.05, 3.63) is 29.8 Å². The third kappa shape index (κ3) is 3.77. The SMILES string of the molecule is CC(C)NS(=O)(=O)c1ccc(CCCl)cc1. The van der Waals surface area contributed by atoms with Crippen molar-refractivity contribution < 1.29 is 8.42 Å². The summed E-state index contributed by atoms with van der Waals surface area (Å²) in [5, 5.41) is 0. The largest absolute Gasteiger partial charge is 0.240 e. The molecular weight excluding hydrogens is 246 g/mol. The van der Waals surface area contributed by atoms with E-state index in [1.54, 1.807) is 38.1 Å². The van der Waals surface area contributed by atoms with E-state index in [4.69, 9.17) is 11.6 Å². The van der Waals surface area contributed by atoms with Crippen molar-refractivity contribution in [2.45, 2.75) is 31.2 Å². The van der Waals surface area contributed by atoms with Gasteiger partial charge >= 0.3 is 0 Å². The highest BCUT2D eigenvalue weighted by Crippen LogP contribution is 2.11. The Morgan fingerprint density at radius 2 is 1.81 bits per heavy atom. The maximum Gasteiger partial charge on any atom is 0.240 e. The lowest BCUT2D eigenvalue weighted by molar-refractivity contribution is 0.570. The van der Waals surface area contributed by atoms with Crippen molar-refractivity contribution in [3.8, 4) is 0 Å². The highest BCUT2D eigenvalue weighted by molar-refractivity contribution is 7.89. The zero-order chi connectivity index (χ0) is 12.2. The maximum atomic E-state index is 11.8. The van der Waals surface area contributed by atoms with Crippen molar-refractivity contribution in [1.82, 2.24) is 4.72 Å². The van der Waals surface area contributed by atoms with Gasteiger partial charge in [0, 0.05) is 11.9 Å². The van der Waals surface area contributed by atoms with E-state index >= 15 is 0 Å². The first kappa shape index (κ1) is 13.5. The second-order valence-corrected chi connectivity index (χ2v) is 5.95. The molecule has 0 aromatic heterocycles. The predicted octanol–water partition coefficient (Wildman–Crippen LogP) is 2.15. The fourth-order valence-electron chi connectivity index (χ4n) is 1.32. The summed E-state index contributed by atoms with van der Waals surface area (Å²) in [7, 11) is -3.37. The molecule has 1 aromatic rings. The van der Waals surface area contributed by atoms with Gasteiger partial charge in [0.15, 0.2) is 0 Å². The molecule has 0 saturated carbocycles. The summed E-state index contributed by atoms with van der Waals surface area (Å²) in [6.45, 7) is 3.58. The van der Waals surface area contributed by atoms with Gasteiger partial charge in [0.1, 0.15) is 0 Å². The summed E-state index contributed by atoms with van der Waals surface area (Å²) in [5.41, 5.74) is 1.04. The minimum atomic E-state index is -3.37. The van der Waals surface area contributed by atoms with Crippen molar-refractivity contribution >= 4 is 21.6 Å². The van der Waals surface area contributed by atoms with Gasteiger partial charge in [-0.3, -0.25) is 0 Å². The zero-order valence-electron chi connectivity index (χ0n) is 9.40. The van der Waals surface area contributed by atoms with E-state index in [2.05, 4.69) is 4.72 Å². The topological polar surface area (TPSA) is 46.2 Å². The zero-order valence-corrected chi connectivity index (χ0v) is 11.0. The van der Waals surface area contributed by atoms with Crippen LogP contribution in [0.4, 0.5) is 0 Å². The lowest BCUT2D eigenvalue weighted by Crippen LogP contribution is -2.30. The molecule has 5 heteroatoms. The van der Waals surface area contributed by atoms with Crippen LogP contribution in [0, 0.1) is 0 Å². The molecule has 90 valence electrons. The van der Waals surface area contributed by atoms with E-state index in [0.29, 0.717) is 10.8 Å². The lowest BCUT2D eigenvalue weighted by atomic mass is 10.2. The van der Waals surface area contributed by atoms with Gasteiger partial charge < -0.3 is 0 Å². The Balaban J connectivity index is 2.89. The van der Waals surface area contributed by atoms with Gasteiger partial charge in [-0.2, -0.15) is 0 Å². The summed E-state index contributed by atoms with van der Waals surface area (Å²) in [6, 6.07) is 6.68. The Hall–Kier alpha value is -0.580. The maximum absolute atomic E-state index is 11.8. The smallest absolute Gasteiger partial charge is 0.209 e. The van der Waals surface area contributed by atoms with Gasteiger partial charge in [0.25, 0.3) is 0 Å². The average Bonchev–Trinajstić information content (AvgIpc) is 2.17. The summed E-state index contributed by atoms with van der Waals surface area (Å²) < 4.78 is 26.1. The first-order valence-electron chi connectivity index (χ1n) is 5.13. The number of hydrogen-bond donors (Lipinski definition) is 1. The molecule has 0 amide bonds. The summed E-state index contributed by atoms with van der Waals surface area (Å²) >= 11 is 5.60. The Bertz CT molecular complexity index is 426. The Kier molecular flexibility index (Phi) is 4.77. The van der Waals surface area contributed by atoms with E-state index in [-0.39, 0.29) is 6.04 Å². The van der Waals surface area contributed by atoms with Crippen LogP contribution in [-0.2, 0) is 16.4 Å². The Labute approximate surface area is 102 Å². The minimum Gasteiger partial charge on any atom is -0.209 e. The molecule has 1 N–H and O–H groups in total. The average molecular weight is 262 g/mol. The molecule has 0 aliphatic carbocycles. The molecule has 0 aliphatic rings. The lowest BCUT2D eigenvalue weighted by Gasteiger charge is -2.09. The highest BCUT2D eigenvalue weighted by atomic mass is 35.5. The van der Waals surface area contributed by atoms with Crippen LogP contribution in [0.1, 0.15) is 19.4 Å². The number of halogens is 1. The summed E-state index contributed by atoms with van der Waals surface area (Å²) in [4.78, 5) is 0.291. The molecule has 1 aromatic carbocycles. The summed E-state index contributed by atoms with van der Waals surface area (Å²) in [6.07, 6.45) is 0.749. The second kappa shape index (κ2) is 5.66. The van der Waals surface area contributed by atoms with Gasteiger partial charge in [-0.15, -0.1) is 11.6 Å². The first-order valence-corrected chi connectivity index (χ1v) is 7.14. The van der Waals surface area contributed by atoms with Crippen LogP contribution >= 0.6 is 11.6 Å². The number of alkyl halides is 1. The minimum absolute atomic E-state index is 0.104. The predicted molar refractivity (Wildman–Crippen MR) is 66.3 cm³/mol. The van der Waals surface area contributed by atoms with Crippen molar-refractivity contribution in [2.24, 2.45) is 0 Å². The van der Waals surface area contributed by atoms with Crippen LogP contribution in [0.2, 0.25) is 0 Å². The van der Waals surface area contributed by atoms with Crippen LogP contribution in [0.5, 0.6) is 0 Å². The molecule has 0 spiro atoms. The van der Waals surface area contributed by atoms with Crippen LogP contribution in [-0.4, -0.2) is 20.3 Å².